The average Bonchev–Trinajstić information content (AvgIpc) is 3.08. The number of nitrogens with zero attached hydrogens (tertiary/aromatic N) is 1. The predicted octanol–water partition coefficient (Wildman–Crippen LogP) is 2.50. The van der Waals surface area contributed by atoms with Crippen molar-refractivity contribution in [2.75, 3.05) is 38.5 Å². The van der Waals surface area contributed by atoms with E-state index in [-0.39, 0.29) is 17.4 Å². The Morgan fingerprint density at radius 3 is 2.62 bits per heavy atom. The molecule has 2 atom stereocenters. The highest BCUT2D eigenvalue weighted by Gasteiger charge is 2.38. The van der Waals surface area contributed by atoms with Gasteiger partial charge in [-0.25, -0.2) is 0 Å². The molecule has 4 N–H and O–H groups in total. The van der Waals surface area contributed by atoms with Crippen LogP contribution in [0.5, 0.6) is 11.5 Å². The van der Waals surface area contributed by atoms with Gasteiger partial charge in [0.25, 0.3) is 0 Å². The van der Waals surface area contributed by atoms with Gasteiger partial charge < -0.3 is 25.6 Å². The zero-order valence-corrected chi connectivity index (χ0v) is 17.2. The summed E-state index contributed by atoms with van der Waals surface area (Å²) in [4.78, 5) is 11.3. The molecule has 0 spiro atoms. The third kappa shape index (κ3) is 4.89. The van der Waals surface area contributed by atoms with E-state index in [1.807, 2.05) is 13.1 Å². The third-order valence-corrected chi connectivity index (χ3v) is 5.81. The van der Waals surface area contributed by atoms with Crippen LogP contribution in [-0.2, 0) is 17.6 Å². The molecule has 0 aromatic heterocycles. The van der Waals surface area contributed by atoms with E-state index in [2.05, 4.69) is 39.8 Å². The Hall–Kier alpha value is -2.57. The zero-order valence-electron chi connectivity index (χ0n) is 17.2. The summed E-state index contributed by atoms with van der Waals surface area (Å²) in [5, 5.41) is 27.1. The van der Waals surface area contributed by atoms with Gasteiger partial charge in [0, 0.05) is 56.9 Å². The number of hydrogen-bond donors (Lipinski definition) is 4. The topological polar surface area (TPSA) is 84.8 Å². The lowest BCUT2D eigenvalue weighted by molar-refractivity contribution is -0.106. The molecular formula is C23H31N3O3. The summed E-state index contributed by atoms with van der Waals surface area (Å²) >= 11 is 0. The first kappa shape index (κ1) is 21.1. The highest BCUT2D eigenvalue weighted by atomic mass is 16.3. The number of anilines is 1. The second kappa shape index (κ2) is 9.76. The van der Waals surface area contributed by atoms with Crippen molar-refractivity contribution in [3.63, 3.8) is 0 Å². The van der Waals surface area contributed by atoms with Gasteiger partial charge in [-0.1, -0.05) is 12.1 Å². The molecule has 6 nitrogen and oxygen atoms in total. The summed E-state index contributed by atoms with van der Waals surface area (Å²) in [6.45, 7) is 5.51. The summed E-state index contributed by atoms with van der Waals surface area (Å²) in [5.41, 5.74) is 4.48. The lowest BCUT2D eigenvalue weighted by Gasteiger charge is -2.36. The summed E-state index contributed by atoms with van der Waals surface area (Å²) in [7, 11) is 1.93. The molecule has 0 bridgehead atoms. The fourth-order valence-corrected chi connectivity index (χ4v) is 4.53. The molecule has 2 aliphatic rings. The fourth-order valence-electron chi connectivity index (χ4n) is 4.53. The van der Waals surface area contributed by atoms with Crippen LogP contribution in [0.1, 0.15) is 29.5 Å². The molecule has 0 radical (unpaired) electrons. The predicted molar refractivity (Wildman–Crippen MR) is 116 cm³/mol. The van der Waals surface area contributed by atoms with Crippen LogP contribution in [0.25, 0.3) is 0 Å². The number of phenols is 2. The number of nitrogens with one attached hydrogen (secondary N) is 2. The van der Waals surface area contributed by atoms with Gasteiger partial charge in [0.2, 0.25) is 0 Å². The van der Waals surface area contributed by atoms with E-state index < -0.39 is 0 Å². The summed E-state index contributed by atoms with van der Waals surface area (Å²) in [5.74, 6) is 0.649. The van der Waals surface area contributed by atoms with Crippen molar-refractivity contribution in [1.82, 2.24) is 10.2 Å². The number of aldehydes is 1. The molecule has 1 fully saturated rings. The molecule has 6 heteroatoms. The van der Waals surface area contributed by atoms with Gasteiger partial charge in [-0.15, -0.1) is 0 Å². The fraction of sp³-hybridized carbons (Fsp3) is 0.435. The molecule has 156 valence electrons. The number of piperazine rings is 1. The van der Waals surface area contributed by atoms with Crippen molar-refractivity contribution in [3.05, 3.63) is 53.1 Å². The standard InChI is InChI=1S/C21H27N3O2.C2H4O/c1-22-15-4-2-3-14(9-15)10-18-17-11-16(25)12-21(26)19(17)13-20(18)24-7-5-23-6-8-24;1-2-3/h2-4,9,11-12,18,20,22-23,25-26H,5-8,10,13H2,1H3;2H,1H3/t18-,20?;/m0./s1. The number of aromatic hydroxyl groups is 2. The monoisotopic (exact) mass is 397 g/mol. The van der Waals surface area contributed by atoms with Crippen LogP contribution in [-0.4, -0.2) is 60.7 Å². The van der Waals surface area contributed by atoms with Crippen LogP contribution in [0, 0.1) is 0 Å². The maximum Gasteiger partial charge on any atom is 0.122 e. The number of benzene rings is 2. The zero-order chi connectivity index (χ0) is 20.8. The second-order valence-corrected chi connectivity index (χ2v) is 7.59. The normalized spacial score (nSPS) is 21.0. The van der Waals surface area contributed by atoms with Crippen molar-refractivity contribution >= 4 is 12.0 Å². The number of fused-ring (bicyclic) bond motifs is 1. The Morgan fingerprint density at radius 1 is 1.21 bits per heavy atom. The van der Waals surface area contributed by atoms with E-state index >= 15 is 0 Å². The van der Waals surface area contributed by atoms with Crippen molar-refractivity contribution in [2.45, 2.75) is 31.7 Å². The van der Waals surface area contributed by atoms with Gasteiger partial charge in [0.1, 0.15) is 17.8 Å². The van der Waals surface area contributed by atoms with Gasteiger partial charge in [0.05, 0.1) is 0 Å². The molecule has 1 unspecified atom stereocenters. The largest absolute Gasteiger partial charge is 0.508 e. The number of carbonyl (C=O) groups excluding carboxylic acids is 1. The molecule has 1 aliphatic carbocycles. The van der Waals surface area contributed by atoms with E-state index in [9.17, 15) is 10.2 Å². The molecule has 1 heterocycles. The molecule has 0 saturated carbocycles. The van der Waals surface area contributed by atoms with Crippen LogP contribution in [0.3, 0.4) is 0 Å². The van der Waals surface area contributed by atoms with Gasteiger partial charge in [-0.2, -0.15) is 0 Å². The quantitative estimate of drug-likeness (QED) is 0.594. The van der Waals surface area contributed by atoms with Gasteiger partial charge in [0.15, 0.2) is 0 Å². The number of carbonyl (C=O) groups is 1. The summed E-state index contributed by atoms with van der Waals surface area (Å²) in [6, 6.07) is 12.2. The molecule has 0 amide bonds. The molecule has 1 aliphatic heterocycles. The minimum absolute atomic E-state index is 0.149. The minimum atomic E-state index is 0.149. The summed E-state index contributed by atoms with van der Waals surface area (Å²) < 4.78 is 0. The Kier molecular flexibility index (Phi) is 7.12. The van der Waals surface area contributed by atoms with Crippen molar-refractivity contribution in [3.8, 4) is 11.5 Å². The van der Waals surface area contributed by atoms with Crippen molar-refractivity contribution < 1.29 is 15.0 Å². The second-order valence-electron chi connectivity index (χ2n) is 7.59. The number of hydrogen-bond acceptors (Lipinski definition) is 6. The van der Waals surface area contributed by atoms with E-state index in [0.29, 0.717) is 6.04 Å². The smallest absolute Gasteiger partial charge is 0.122 e. The van der Waals surface area contributed by atoms with E-state index in [1.165, 1.54) is 18.6 Å². The molecule has 1 saturated heterocycles. The SMILES string of the molecule is CC=O.CNc1cccc(C[C@H]2c3cc(O)cc(O)c3CC2N2CCNCC2)c1. The first-order chi connectivity index (χ1) is 14.1. The van der Waals surface area contributed by atoms with Crippen LogP contribution < -0.4 is 10.6 Å². The Morgan fingerprint density at radius 2 is 1.93 bits per heavy atom. The Labute approximate surface area is 172 Å². The first-order valence-electron chi connectivity index (χ1n) is 10.2. The van der Waals surface area contributed by atoms with E-state index in [0.717, 1.165) is 62.1 Å². The molecular weight excluding hydrogens is 366 g/mol. The number of rotatable bonds is 4. The maximum atomic E-state index is 10.4. The van der Waals surface area contributed by atoms with Crippen LogP contribution in [0.4, 0.5) is 5.69 Å². The van der Waals surface area contributed by atoms with Crippen LogP contribution in [0.2, 0.25) is 0 Å². The minimum Gasteiger partial charge on any atom is -0.508 e. The molecule has 2 aromatic rings. The highest BCUT2D eigenvalue weighted by Crippen LogP contribution is 2.44. The lowest BCUT2D eigenvalue weighted by atomic mass is 9.89. The van der Waals surface area contributed by atoms with E-state index in [4.69, 9.17) is 4.79 Å². The average molecular weight is 398 g/mol. The van der Waals surface area contributed by atoms with Crippen molar-refractivity contribution in [2.24, 2.45) is 0 Å². The Balaban J connectivity index is 0.000000755. The van der Waals surface area contributed by atoms with Crippen LogP contribution >= 0.6 is 0 Å². The summed E-state index contributed by atoms with van der Waals surface area (Å²) in [6.07, 6.45) is 2.50. The van der Waals surface area contributed by atoms with Gasteiger partial charge in [-0.3, -0.25) is 4.90 Å². The highest BCUT2D eigenvalue weighted by molar-refractivity contribution is 5.52. The van der Waals surface area contributed by atoms with Gasteiger partial charge in [-0.05, 0) is 54.7 Å². The third-order valence-electron chi connectivity index (χ3n) is 5.81. The molecule has 2 aromatic carbocycles. The van der Waals surface area contributed by atoms with E-state index in [1.54, 1.807) is 0 Å². The van der Waals surface area contributed by atoms with Crippen molar-refractivity contribution in [1.29, 1.82) is 0 Å². The Bertz CT molecular complexity index is 834. The van der Waals surface area contributed by atoms with Gasteiger partial charge >= 0.3 is 0 Å². The molecule has 29 heavy (non-hydrogen) atoms. The van der Waals surface area contributed by atoms with Crippen LogP contribution in [0.15, 0.2) is 36.4 Å². The first-order valence-corrected chi connectivity index (χ1v) is 10.2. The lowest BCUT2D eigenvalue weighted by Crippen LogP contribution is -2.50. The number of phenolic OH excluding ortho intramolecular Hbond substituents is 2. The maximum absolute atomic E-state index is 10.4. The molecule has 4 rings (SSSR count).